The second kappa shape index (κ2) is 10.9. The van der Waals surface area contributed by atoms with E-state index >= 15 is 0 Å². The van der Waals surface area contributed by atoms with E-state index in [0.29, 0.717) is 30.3 Å². The smallest absolute Gasteiger partial charge is 0.264 e. The lowest BCUT2D eigenvalue weighted by Crippen LogP contribution is -2.49. The van der Waals surface area contributed by atoms with Crippen LogP contribution < -0.4 is 4.74 Å². The zero-order chi connectivity index (χ0) is 24.2. The predicted molar refractivity (Wildman–Crippen MR) is 134 cm³/mol. The Morgan fingerprint density at radius 2 is 2.00 bits per heavy atom. The molecule has 0 bridgehead atoms. The largest absolute Gasteiger partial charge is 0.491 e. The fourth-order valence-electron chi connectivity index (χ4n) is 4.64. The first-order valence-electron chi connectivity index (χ1n) is 11.8. The number of halogens is 1. The molecule has 3 aromatic rings. The monoisotopic (exact) mass is 514 g/mol. The van der Waals surface area contributed by atoms with Gasteiger partial charge in [-0.2, -0.15) is 0 Å². The molecule has 2 aliphatic heterocycles. The Bertz CT molecular complexity index is 1140. The molecule has 1 fully saturated rings. The van der Waals surface area contributed by atoms with Crippen LogP contribution in [0.3, 0.4) is 0 Å². The van der Waals surface area contributed by atoms with Gasteiger partial charge in [0.25, 0.3) is 5.91 Å². The Morgan fingerprint density at radius 3 is 2.74 bits per heavy atom. The summed E-state index contributed by atoms with van der Waals surface area (Å²) >= 11 is 3.06. The minimum Gasteiger partial charge on any atom is -0.491 e. The molecule has 2 amide bonds. The van der Waals surface area contributed by atoms with Crippen molar-refractivity contribution in [3.63, 3.8) is 0 Å². The van der Waals surface area contributed by atoms with Crippen molar-refractivity contribution < 1.29 is 23.5 Å². The highest BCUT2D eigenvalue weighted by Gasteiger charge is 2.34. The number of carbonyl (C=O) groups excluding carboxylic acids is 2. The summed E-state index contributed by atoms with van der Waals surface area (Å²) in [4.78, 5) is 32.2. The van der Waals surface area contributed by atoms with Gasteiger partial charge in [0.2, 0.25) is 5.91 Å². The molecule has 5 rings (SSSR count). The van der Waals surface area contributed by atoms with Gasteiger partial charge in [0, 0.05) is 24.6 Å². The number of benzene rings is 1. The molecular formula is C26H27FN2O4S2. The van der Waals surface area contributed by atoms with E-state index in [9.17, 15) is 14.0 Å². The molecule has 0 saturated carbocycles. The van der Waals surface area contributed by atoms with E-state index < -0.39 is 0 Å². The first kappa shape index (κ1) is 24.0. The third-order valence-electron chi connectivity index (χ3n) is 6.43. The van der Waals surface area contributed by atoms with Crippen molar-refractivity contribution >= 4 is 34.5 Å². The minimum absolute atomic E-state index is 0.0108. The third-order valence-corrected chi connectivity index (χ3v) is 8.28. The number of hydrogen-bond donors (Lipinski definition) is 0. The summed E-state index contributed by atoms with van der Waals surface area (Å²) in [6.07, 6.45) is 2.58. The van der Waals surface area contributed by atoms with Crippen LogP contribution in [0.5, 0.6) is 5.75 Å². The van der Waals surface area contributed by atoms with Crippen LogP contribution in [0.25, 0.3) is 0 Å². The van der Waals surface area contributed by atoms with E-state index in [1.54, 1.807) is 34.4 Å². The van der Waals surface area contributed by atoms with E-state index in [-0.39, 0.29) is 42.9 Å². The van der Waals surface area contributed by atoms with Crippen molar-refractivity contribution in [3.8, 4) is 5.75 Å². The van der Waals surface area contributed by atoms with Crippen LogP contribution in [0, 0.1) is 5.82 Å². The zero-order valence-corrected chi connectivity index (χ0v) is 20.9. The van der Waals surface area contributed by atoms with Gasteiger partial charge < -0.3 is 19.3 Å². The standard InChI is InChI=1S/C26H27FN2O4S2/c27-18-5-7-19(8-6-18)33-17-22-21-10-14-35-23(21)9-11-29(22)25(30)16-28(15-20-3-1-12-32-20)26(31)24-4-2-13-34-24/h2,4-8,10,13-14,20,22H,1,3,9,11-12,15-17H2/t20-,22+/m0/s1. The van der Waals surface area contributed by atoms with Gasteiger partial charge in [-0.25, -0.2) is 4.39 Å². The average Bonchev–Trinajstić information content (AvgIpc) is 3.65. The van der Waals surface area contributed by atoms with Crippen LogP contribution in [-0.4, -0.2) is 60.6 Å². The number of thiophene rings is 2. The van der Waals surface area contributed by atoms with Crippen molar-refractivity contribution in [3.05, 3.63) is 74.4 Å². The van der Waals surface area contributed by atoms with Gasteiger partial charge in [-0.1, -0.05) is 6.07 Å². The molecule has 1 aromatic carbocycles. The van der Waals surface area contributed by atoms with E-state index in [4.69, 9.17) is 9.47 Å². The predicted octanol–water partition coefficient (Wildman–Crippen LogP) is 4.77. The molecular weight excluding hydrogens is 487 g/mol. The number of ether oxygens (including phenoxy) is 2. The molecule has 6 nitrogen and oxygen atoms in total. The maximum atomic E-state index is 13.6. The molecule has 0 aliphatic carbocycles. The number of amides is 2. The summed E-state index contributed by atoms with van der Waals surface area (Å²) in [5.41, 5.74) is 1.08. The molecule has 2 atom stereocenters. The van der Waals surface area contributed by atoms with Gasteiger partial charge in [0.1, 0.15) is 24.7 Å². The van der Waals surface area contributed by atoms with Crippen molar-refractivity contribution in [1.29, 1.82) is 0 Å². The highest BCUT2D eigenvalue weighted by Crippen LogP contribution is 2.34. The van der Waals surface area contributed by atoms with Crippen molar-refractivity contribution in [2.75, 3.05) is 32.8 Å². The Kier molecular flexibility index (Phi) is 7.46. The molecule has 2 aliphatic rings. The van der Waals surface area contributed by atoms with E-state index in [1.165, 1.54) is 28.3 Å². The summed E-state index contributed by atoms with van der Waals surface area (Å²) in [6, 6.07) is 11.3. The average molecular weight is 515 g/mol. The zero-order valence-electron chi connectivity index (χ0n) is 19.2. The number of fused-ring (bicyclic) bond motifs is 1. The van der Waals surface area contributed by atoms with Crippen LogP contribution in [0.15, 0.2) is 53.2 Å². The lowest BCUT2D eigenvalue weighted by molar-refractivity contribution is -0.135. The molecule has 0 spiro atoms. The molecule has 184 valence electrons. The van der Waals surface area contributed by atoms with Crippen LogP contribution >= 0.6 is 22.7 Å². The summed E-state index contributed by atoms with van der Waals surface area (Å²) < 4.78 is 25.0. The van der Waals surface area contributed by atoms with E-state index in [0.717, 1.165) is 24.8 Å². The first-order valence-corrected chi connectivity index (χ1v) is 13.5. The number of hydrogen-bond acceptors (Lipinski definition) is 6. The van der Waals surface area contributed by atoms with Crippen molar-refractivity contribution in [2.45, 2.75) is 31.4 Å². The quantitative estimate of drug-likeness (QED) is 0.434. The van der Waals surface area contributed by atoms with Gasteiger partial charge in [-0.05, 0) is 72.0 Å². The summed E-state index contributed by atoms with van der Waals surface area (Å²) in [6.45, 7) is 1.89. The van der Waals surface area contributed by atoms with Crippen molar-refractivity contribution in [1.82, 2.24) is 9.80 Å². The molecule has 9 heteroatoms. The number of carbonyl (C=O) groups is 2. The van der Waals surface area contributed by atoms with Gasteiger partial charge in [0.05, 0.1) is 17.0 Å². The summed E-state index contributed by atoms with van der Waals surface area (Å²) in [5, 5.41) is 3.90. The van der Waals surface area contributed by atoms with Crippen LogP contribution in [0.1, 0.15) is 39.0 Å². The van der Waals surface area contributed by atoms with Crippen LogP contribution in [0.2, 0.25) is 0 Å². The normalized spacial score (nSPS) is 19.4. The Hall–Kier alpha value is -2.75. The highest BCUT2D eigenvalue weighted by atomic mass is 32.1. The SMILES string of the molecule is O=C(c1cccs1)N(CC(=O)N1CCc2sccc2[C@H]1COc1ccc(F)cc1)C[C@@H]1CCCO1. The first-order chi connectivity index (χ1) is 17.1. The number of nitrogens with zero attached hydrogens (tertiary/aromatic N) is 2. The van der Waals surface area contributed by atoms with Gasteiger partial charge in [-0.3, -0.25) is 9.59 Å². The van der Waals surface area contributed by atoms with Gasteiger partial charge >= 0.3 is 0 Å². The topological polar surface area (TPSA) is 59.1 Å². The van der Waals surface area contributed by atoms with Gasteiger partial charge in [0.15, 0.2) is 0 Å². The van der Waals surface area contributed by atoms with E-state index in [2.05, 4.69) is 0 Å². The maximum Gasteiger partial charge on any atom is 0.264 e. The Balaban J connectivity index is 1.33. The van der Waals surface area contributed by atoms with Crippen LogP contribution in [-0.2, 0) is 16.0 Å². The summed E-state index contributed by atoms with van der Waals surface area (Å²) in [7, 11) is 0. The minimum atomic E-state index is -0.325. The summed E-state index contributed by atoms with van der Waals surface area (Å²) in [5.74, 6) is -0.0311. The lowest BCUT2D eigenvalue weighted by atomic mass is 10.0. The molecule has 35 heavy (non-hydrogen) atoms. The highest BCUT2D eigenvalue weighted by molar-refractivity contribution is 7.12. The number of rotatable bonds is 8. The molecule has 2 aromatic heterocycles. The van der Waals surface area contributed by atoms with Gasteiger partial charge in [-0.15, -0.1) is 22.7 Å². The maximum absolute atomic E-state index is 13.6. The molecule has 0 unspecified atom stereocenters. The molecule has 0 N–H and O–H groups in total. The third kappa shape index (κ3) is 5.58. The van der Waals surface area contributed by atoms with Crippen LogP contribution in [0.4, 0.5) is 4.39 Å². The second-order valence-electron chi connectivity index (χ2n) is 8.71. The Labute approximate surface area is 211 Å². The second-order valence-corrected chi connectivity index (χ2v) is 10.7. The molecule has 4 heterocycles. The lowest BCUT2D eigenvalue weighted by Gasteiger charge is -2.37. The van der Waals surface area contributed by atoms with E-state index in [1.807, 2.05) is 27.8 Å². The fraction of sp³-hybridized carbons (Fsp3) is 0.385. The molecule has 1 saturated heterocycles. The Morgan fingerprint density at radius 1 is 1.14 bits per heavy atom. The molecule has 0 radical (unpaired) electrons. The van der Waals surface area contributed by atoms with Crippen molar-refractivity contribution in [2.24, 2.45) is 0 Å². The fourth-order valence-corrected chi connectivity index (χ4v) is 6.26.